The Bertz CT molecular complexity index is 1200. The lowest BCUT2D eigenvalue weighted by Gasteiger charge is -2.19. The third-order valence-electron chi connectivity index (χ3n) is 4.94. The van der Waals surface area contributed by atoms with Crippen molar-refractivity contribution in [1.29, 1.82) is 0 Å². The van der Waals surface area contributed by atoms with Gasteiger partial charge in [-0.05, 0) is 48.9 Å². The first-order chi connectivity index (χ1) is 15.0. The number of carbonyl (C=O) groups excluding carboxylic acids is 1. The number of methoxy groups -OCH3 is 1. The Morgan fingerprint density at radius 3 is 2.48 bits per heavy atom. The number of ether oxygens (including phenoxy) is 1. The van der Waals surface area contributed by atoms with Gasteiger partial charge in [0.2, 0.25) is 0 Å². The summed E-state index contributed by atoms with van der Waals surface area (Å²) in [6.45, 7) is 1.79. The molecule has 1 amide bonds. The summed E-state index contributed by atoms with van der Waals surface area (Å²) >= 11 is 1.28. The normalized spacial score (nSPS) is 11.9. The lowest BCUT2D eigenvalue weighted by atomic mass is 10.1. The Labute approximate surface area is 183 Å². The zero-order valence-electron chi connectivity index (χ0n) is 17.3. The second-order valence-electron chi connectivity index (χ2n) is 7.02. The van der Waals surface area contributed by atoms with Crippen LogP contribution in [0.1, 0.15) is 32.8 Å². The second-order valence-corrected chi connectivity index (χ2v) is 8.02. The molecule has 1 atom stereocenters. The van der Waals surface area contributed by atoms with E-state index in [0.29, 0.717) is 21.4 Å². The highest BCUT2D eigenvalue weighted by molar-refractivity contribution is 7.17. The van der Waals surface area contributed by atoms with Gasteiger partial charge in [-0.25, -0.2) is 14.4 Å². The molecule has 4 rings (SSSR count). The maximum atomic E-state index is 13.2. The van der Waals surface area contributed by atoms with Crippen LogP contribution in [-0.2, 0) is 7.05 Å². The zero-order chi connectivity index (χ0) is 22.0. The summed E-state index contributed by atoms with van der Waals surface area (Å²) < 4.78 is 20.4. The van der Waals surface area contributed by atoms with Gasteiger partial charge in [-0.15, -0.1) is 11.3 Å². The quantitative estimate of drug-likeness (QED) is 0.483. The van der Waals surface area contributed by atoms with Gasteiger partial charge >= 0.3 is 0 Å². The van der Waals surface area contributed by atoms with Crippen LogP contribution in [0.3, 0.4) is 0 Å². The van der Waals surface area contributed by atoms with Gasteiger partial charge in [0.15, 0.2) is 0 Å². The number of aryl methyl sites for hydroxylation is 2. The minimum absolute atomic E-state index is 0.243. The van der Waals surface area contributed by atoms with E-state index in [4.69, 9.17) is 4.74 Å². The van der Waals surface area contributed by atoms with E-state index < -0.39 is 6.04 Å². The summed E-state index contributed by atoms with van der Waals surface area (Å²) in [6, 6.07) is 13.1. The molecule has 1 N–H and O–H groups in total. The van der Waals surface area contributed by atoms with Crippen molar-refractivity contribution in [3.63, 3.8) is 0 Å². The van der Waals surface area contributed by atoms with Gasteiger partial charge in [-0.3, -0.25) is 4.79 Å². The molecule has 1 unspecified atom stereocenters. The predicted octanol–water partition coefficient (Wildman–Crippen LogP) is 4.52. The van der Waals surface area contributed by atoms with Crippen molar-refractivity contribution >= 4 is 17.2 Å². The molecule has 31 heavy (non-hydrogen) atoms. The van der Waals surface area contributed by atoms with Gasteiger partial charge in [-0.2, -0.15) is 0 Å². The van der Waals surface area contributed by atoms with Crippen molar-refractivity contribution in [2.45, 2.75) is 13.0 Å². The summed E-state index contributed by atoms with van der Waals surface area (Å²) in [5.74, 6) is 0.884. The summed E-state index contributed by atoms with van der Waals surface area (Å²) in [4.78, 5) is 22.7. The van der Waals surface area contributed by atoms with E-state index in [1.54, 1.807) is 32.4 Å². The number of thiazole rings is 1. The fourth-order valence-electron chi connectivity index (χ4n) is 3.27. The summed E-state index contributed by atoms with van der Waals surface area (Å²) in [5, 5.41) is 3.76. The average molecular weight is 437 g/mol. The van der Waals surface area contributed by atoms with E-state index in [-0.39, 0.29) is 11.7 Å². The number of benzene rings is 2. The number of imidazole rings is 1. The van der Waals surface area contributed by atoms with Crippen LogP contribution in [0.15, 0.2) is 60.9 Å². The molecule has 0 fully saturated rings. The van der Waals surface area contributed by atoms with Crippen molar-refractivity contribution in [2.75, 3.05) is 7.11 Å². The van der Waals surface area contributed by atoms with Crippen molar-refractivity contribution in [3.8, 4) is 16.3 Å². The van der Waals surface area contributed by atoms with Gasteiger partial charge in [0.1, 0.15) is 33.3 Å². The first-order valence-corrected chi connectivity index (χ1v) is 10.4. The lowest BCUT2D eigenvalue weighted by molar-refractivity contribution is 0.0944. The van der Waals surface area contributed by atoms with Crippen molar-refractivity contribution in [3.05, 3.63) is 88.7 Å². The molecule has 6 nitrogen and oxygen atoms in total. The smallest absolute Gasteiger partial charge is 0.264 e. The van der Waals surface area contributed by atoms with Crippen LogP contribution in [0.25, 0.3) is 10.6 Å². The topological polar surface area (TPSA) is 69.0 Å². The molecule has 8 heteroatoms. The molecular formula is C23H21FN4O2S. The maximum Gasteiger partial charge on any atom is 0.264 e. The van der Waals surface area contributed by atoms with Gasteiger partial charge < -0.3 is 14.6 Å². The van der Waals surface area contributed by atoms with Crippen LogP contribution in [0.4, 0.5) is 4.39 Å². The molecule has 0 saturated heterocycles. The fraction of sp³-hybridized carbons (Fsp3) is 0.174. The van der Waals surface area contributed by atoms with Gasteiger partial charge in [-0.1, -0.05) is 12.1 Å². The number of nitrogens with one attached hydrogen (secondary N) is 1. The molecule has 0 aliphatic heterocycles. The number of halogens is 1. The minimum Gasteiger partial charge on any atom is -0.497 e. The molecule has 0 spiro atoms. The number of amides is 1. The summed E-state index contributed by atoms with van der Waals surface area (Å²) in [5.41, 5.74) is 2.27. The Balaban J connectivity index is 1.65. The molecule has 2 heterocycles. The number of carbonyl (C=O) groups is 1. The Hall–Kier alpha value is -3.52. The van der Waals surface area contributed by atoms with Gasteiger partial charge in [0, 0.05) is 25.0 Å². The van der Waals surface area contributed by atoms with Crippen LogP contribution in [0, 0.1) is 12.7 Å². The van der Waals surface area contributed by atoms with E-state index in [1.807, 2.05) is 42.1 Å². The van der Waals surface area contributed by atoms with E-state index in [9.17, 15) is 9.18 Å². The second kappa shape index (κ2) is 8.69. The minimum atomic E-state index is -0.450. The summed E-state index contributed by atoms with van der Waals surface area (Å²) in [7, 11) is 3.49. The number of hydrogen-bond acceptors (Lipinski definition) is 5. The summed E-state index contributed by atoms with van der Waals surface area (Å²) in [6.07, 6.45) is 3.53. The Morgan fingerprint density at radius 1 is 1.16 bits per heavy atom. The zero-order valence-corrected chi connectivity index (χ0v) is 18.1. The van der Waals surface area contributed by atoms with Crippen LogP contribution >= 0.6 is 11.3 Å². The molecule has 0 bridgehead atoms. The molecule has 2 aromatic heterocycles. The van der Waals surface area contributed by atoms with Gasteiger partial charge in [0.25, 0.3) is 5.91 Å². The third-order valence-corrected chi connectivity index (χ3v) is 6.14. The van der Waals surface area contributed by atoms with E-state index >= 15 is 0 Å². The molecule has 158 valence electrons. The van der Waals surface area contributed by atoms with Crippen LogP contribution < -0.4 is 10.1 Å². The largest absolute Gasteiger partial charge is 0.497 e. The third kappa shape index (κ3) is 4.34. The fourth-order valence-corrected chi connectivity index (χ4v) is 4.24. The molecule has 2 aromatic carbocycles. The van der Waals surface area contributed by atoms with Crippen molar-refractivity contribution < 1.29 is 13.9 Å². The predicted molar refractivity (Wildman–Crippen MR) is 118 cm³/mol. The first kappa shape index (κ1) is 20.7. The highest BCUT2D eigenvalue weighted by atomic mass is 32.1. The number of aromatic nitrogens is 3. The van der Waals surface area contributed by atoms with E-state index in [1.165, 1.54) is 23.5 Å². The molecule has 0 aliphatic carbocycles. The van der Waals surface area contributed by atoms with E-state index in [0.717, 1.165) is 16.9 Å². The number of rotatable bonds is 6. The van der Waals surface area contributed by atoms with Gasteiger partial charge in [0.05, 0.1) is 12.8 Å². The SMILES string of the molecule is COc1ccc(C(NC(=O)c2sc(-c3ccc(F)cc3)nc2C)c2nccn2C)cc1. The van der Waals surface area contributed by atoms with Crippen LogP contribution in [0.2, 0.25) is 0 Å². The first-order valence-electron chi connectivity index (χ1n) is 9.61. The average Bonchev–Trinajstić information content (AvgIpc) is 3.38. The maximum absolute atomic E-state index is 13.2. The highest BCUT2D eigenvalue weighted by Gasteiger charge is 2.24. The molecule has 0 saturated carbocycles. The lowest BCUT2D eigenvalue weighted by Crippen LogP contribution is -2.31. The molecule has 4 aromatic rings. The molecule has 0 aliphatic rings. The Kier molecular flexibility index (Phi) is 5.81. The van der Waals surface area contributed by atoms with Crippen LogP contribution in [0.5, 0.6) is 5.75 Å². The Morgan fingerprint density at radius 2 is 1.87 bits per heavy atom. The van der Waals surface area contributed by atoms with Crippen molar-refractivity contribution in [1.82, 2.24) is 19.9 Å². The highest BCUT2D eigenvalue weighted by Crippen LogP contribution is 2.29. The standard InChI is InChI=1S/C23H21FN4O2S/c1-14-20(31-23(26-14)16-4-8-17(24)9-5-16)22(29)27-19(21-25-12-13-28(21)2)15-6-10-18(30-3)11-7-15/h4-13,19H,1-3H3,(H,27,29). The monoisotopic (exact) mass is 436 g/mol. The molecular weight excluding hydrogens is 415 g/mol. The van der Waals surface area contributed by atoms with Crippen LogP contribution in [-0.4, -0.2) is 27.6 Å². The van der Waals surface area contributed by atoms with E-state index in [2.05, 4.69) is 15.3 Å². The molecule has 0 radical (unpaired) electrons. The van der Waals surface area contributed by atoms with Crippen molar-refractivity contribution in [2.24, 2.45) is 7.05 Å². The number of nitrogens with zero attached hydrogens (tertiary/aromatic N) is 3. The number of hydrogen-bond donors (Lipinski definition) is 1.